The lowest BCUT2D eigenvalue weighted by molar-refractivity contribution is -0.140. The van der Waals surface area contributed by atoms with Crippen LogP contribution in [0.5, 0.6) is 11.6 Å². The zero-order valence-electron chi connectivity index (χ0n) is 14.7. The summed E-state index contributed by atoms with van der Waals surface area (Å²) in [6.07, 6.45) is -3.90. The number of halogens is 3. The third-order valence-corrected chi connectivity index (χ3v) is 4.43. The molecule has 1 aliphatic rings. The summed E-state index contributed by atoms with van der Waals surface area (Å²) in [6.45, 7) is 0.280. The van der Waals surface area contributed by atoms with Crippen molar-refractivity contribution >= 4 is 16.9 Å². The number of furan rings is 1. The molecule has 0 spiro atoms. The Balaban J connectivity index is 1.44. The van der Waals surface area contributed by atoms with E-state index in [0.29, 0.717) is 11.3 Å². The van der Waals surface area contributed by atoms with Gasteiger partial charge in [-0.3, -0.25) is 4.79 Å². The minimum Gasteiger partial charge on any atom is -0.493 e. The molecule has 2 aromatic heterocycles. The number of carbonyl (C=O) groups excluding carboxylic acids is 1. The van der Waals surface area contributed by atoms with Crippen LogP contribution in [0.1, 0.15) is 16.1 Å². The van der Waals surface area contributed by atoms with Crippen LogP contribution < -0.4 is 9.47 Å². The number of benzene rings is 1. The second-order valence-electron chi connectivity index (χ2n) is 6.29. The fraction of sp³-hybridized carbons (Fsp3) is 0.263. The standard InChI is InChI=1S/C19H15F3N2O4/c1-26-14-6-2-4-11-8-15(28-16(11)14)18(25)24-9-12(10-24)27-17-13(19(20,21)22)5-3-7-23-17/h2-8,12H,9-10H2,1H3. The number of aromatic nitrogens is 1. The van der Waals surface area contributed by atoms with Gasteiger partial charge in [0.25, 0.3) is 5.91 Å². The Morgan fingerprint density at radius 3 is 2.75 bits per heavy atom. The van der Waals surface area contributed by atoms with E-state index < -0.39 is 23.7 Å². The Hall–Kier alpha value is -3.23. The molecule has 1 amide bonds. The highest BCUT2D eigenvalue weighted by Gasteiger charge is 2.39. The molecule has 0 atom stereocenters. The maximum Gasteiger partial charge on any atom is 0.421 e. The van der Waals surface area contributed by atoms with Gasteiger partial charge in [-0.25, -0.2) is 4.98 Å². The third-order valence-electron chi connectivity index (χ3n) is 4.43. The number of pyridine rings is 1. The predicted octanol–water partition coefficient (Wildman–Crippen LogP) is 3.76. The van der Waals surface area contributed by atoms with E-state index in [1.165, 1.54) is 24.3 Å². The molecule has 0 radical (unpaired) electrons. The number of alkyl halides is 3. The quantitative estimate of drug-likeness (QED) is 0.677. The minimum absolute atomic E-state index is 0.131. The summed E-state index contributed by atoms with van der Waals surface area (Å²) >= 11 is 0. The molecule has 3 heterocycles. The van der Waals surface area contributed by atoms with E-state index in [0.717, 1.165) is 11.5 Å². The van der Waals surface area contributed by atoms with Gasteiger partial charge in [0, 0.05) is 11.6 Å². The lowest BCUT2D eigenvalue weighted by Gasteiger charge is -2.38. The smallest absolute Gasteiger partial charge is 0.421 e. The summed E-state index contributed by atoms with van der Waals surface area (Å²) in [6, 6.07) is 9.00. The van der Waals surface area contributed by atoms with Gasteiger partial charge >= 0.3 is 6.18 Å². The monoisotopic (exact) mass is 392 g/mol. The molecule has 28 heavy (non-hydrogen) atoms. The number of para-hydroxylation sites is 1. The minimum atomic E-state index is -4.56. The van der Waals surface area contributed by atoms with Gasteiger partial charge < -0.3 is 18.8 Å². The van der Waals surface area contributed by atoms with Crippen LogP contribution in [0.15, 0.2) is 47.0 Å². The second kappa shape index (κ2) is 6.74. The first-order valence-electron chi connectivity index (χ1n) is 8.41. The fourth-order valence-electron chi connectivity index (χ4n) is 3.00. The summed E-state index contributed by atoms with van der Waals surface area (Å²) < 4.78 is 55.2. The first-order chi connectivity index (χ1) is 13.4. The molecule has 1 fully saturated rings. The molecule has 1 aliphatic heterocycles. The number of fused-ring (bicyclic) bond motifs is 1. The average molecular weight is 392 g/mol. The molecular formula is C19H15F3N2O4. The maximum absolute atomic E-state index is 13.0. The lowest BCUT2D eigenvalue weighted by atomic mass is 10.1. The highest BCUT2D eigenvalue weighted by atomic mass is 19.4. The number of carbonyl (C=O) groups is 1. The third kappa shape index (κ3) is 3.23. The zero-order chi connectivity index (χ0) is 19.9. The molecule has 1 saturated heterocycles. The van der Waals surface area contributed by atoms with Crippen molar-refractivity contribution < 1.29 is 31.9 Å². The Morgan fingerprint density at radius 1 is 1.25 bits per heavy atom. The lowest BCUT2D eigenvalue weighted by Crippen LogP contribution is -2.56. The highest BCUT2D eigenvalue weighted by molar-refractivity contribution is 5.97. The number of nitrogens with zero attached hydrogens (tertiary/aromatic N) is 2. The van der Waals surface area contributed by atoms with Crippen molar-refractivity contribution in [3.63, 3.8) is 0 Å². The van der Waals surface area contributed by atoms with Crippen molar-refractivity contribution in [3.05, 3.63) is 53.9 Å². The van der Waals surface area contributed by atoms with Crippen LogP contribution in [-0.2, 0) is 6.18 Å². The molecule has 4 rings (SSSR count). The molecule has 9 heteroatoms. The predicted molar refractivity (Wildman–Crippen MR) is 92.3 cm³/mol. The van der Waals surface area contributed by atoms with Crippen molar-refractivity contribution in [2.45, 2.75) is 12.3 Å². The molecule has 0 N–H and O–H groups in total. The van der Waals surface area contributed by atoms with E-state index in [9.17, 15) is 18.0 Å². The van der Waals surface area contributed by atoms with Crippen LogP contribution in [0.25, 0.3) is 11.0 Å². The van der Waals surface area contributed by atoms with Crippen LogP contribution in [0, 0.1) is 0 Å². The summed E-state index contributed by atoms with van der Waals surface area (Å²) in [5.74, 6) is -0.210. The molecular weight excluding hydrogens is 377 g/mol. The SMILES string of the molecule is COc1cccc2cc(C(=O)N3CC(Oc4ncccc4C(F)(F)F)C3)oc12. The number of amides is 1. The summed E-state index contributed by atoms with van der Waals surface area (Å²) in [4.78, 5) is 17.7. The van der Waals surface area contributed by atoms with Crippen molar-refractivity contribution in [2.24, 2.45) is 0 Å². The zero-order valence-corrected chi connectivity index (χ0v) is 14.7. The molecule has 146 valence electrons. The average Bonchev–Trinajstić information content (AvgIpc) is 3.07. The molecule has 6 nitrogen and oxygen atoms in total. The largest absolute Gasteiger partial charge is 0.493 e. The van der Waals surface area contributed by atoms with Crippen molar-refractivity contribution in [1.82, 2.24) is 9.88 Å². The van der Waals surface area contributed by atoms with Gasteiger partial charge in [0.15, 0.2) is 17.1 Å². The number of rotatable bonds is 4. The molecule has 0 saturated carbocycles. The second-order valence-corrected chi connectivity index (χ2v) is 6.29. The first kappa shape index (κ1) is 18.1. The van der Waals surface area contributed by atoms with Crippen LogP contribution in [0.4, 0.5) is 13.2 Å². The van der Waals surface area contributed by atoms with Gasteiger partial charge in [-0.1, -0.05) is 12.1 Å². The molecule has 0 unspecified atom stereocenters. The van der Waals surface area contributed by atoms with Gasteiger partial charge in [0.2, 0.25) is 5.88 Å². The summed E-state index contributed by atoms with van der Waals surface area (Å²) in [7, 11) is 1.50. The van der Waals surface area contributed by atoms with Crippen LogP contribution in [0.2, 0.25) is 0 Å². The van der Waals surface area contributed by atoms with Crippen molar-refractivity contribution in [3.8, 4) is 11.6 Å². The van der Waals surface area contributed by atoms with Gasteiger partial charge in [0.05, 0.1) is 20.2 Å². The molecule has 3 aromatic rings. The van der Waals surface area contributed by atoms with Gasteiger partial charge in [-0.15, -0.1) is 0 Å². The molecule has 1 aromatic carbocycles. The van der Waals surface area contributed by atoms with Gasteiger partial charge in [-0.2, -0.15) is 13.2 Å². The number of likely N-dealkylation sites (tertiary alicyclic amines) is 1. The van der Waals surface area contributed by atoms with E-state index in [1.807, 2.05) is 0 Å². The Labute approximate surface area is 157 Å². The number of hydrogen-bond acceptors (Lipinski definition) is 5. The van der Waals surface area contributed by atoms with E-state index in [1.54, 1.807) is 24.3 Å². The van der Waals surface area contributed by atoms with E-state index in [-0.39, 0.29) is 24.8 Å². The van der Waals surface area contributed by atoms with Gasteiger partial charge in [-0.05, 0) is 24.3 Å². The summed E-state index contributed by atoms with van der Waals surface area (Å²) in [5, 5.41) is 0.722. The Kier molecular flexibility index (Phi) is 4.37. The Morgan fingerprint density at radius 2 is 2.04 bits per heavy atom. The van der Waals surface area contributed by atoms with Crippen molar-refractivity contribution in [2.75, 3.05) is 20.2 Å². The van der Waals surface area contributed by atoms with Crippen LogP contribution >= 0.6 is 0 Å². The van der Waals surface area contributed by atoms with Gasteiger partial charge in [0.1, 0.15) is 11.7 Å². The molecule has 0 aliphatic carbocycles. The maximum atomic E-state index is 13.0. The fourth-order valence-corrected chi connectivity index (χ4v) is 3.00. The van der Waals surface area contributed by atoms with Crippen molar-refractivity contribution in [1.29, 1.82) is 0 Å². The van der Waals surface area contributed by atoms with E-state index in [4.69, 9.17) is 13.9 Å². The Bertz CT molecular complexity index is 1030. The number of methoxy groups -OCH3 is 1. The first-order valence-corrected chi connectivity index (χ1v) is 8.41. The number of ether oxygens (including phenoxy) is 2. The normalized spacial score (nSPS) is 14.8. The van der Waals surface area contributed by atoms with Crippen LogP contribution in [0.3, 0.4) is 0 Å². The topological polar surface area (TPSA) is 64.8 Å². The van der Waals surface area contributed by atoms with E-state index >= 15 is 0 Å². The summed E-state index contributed by atoms with van der Waals surface area (Å²) in [5.41, 5.74) is -0.478. The van der Waals surface area contributed by atoms with Crippen LogP contribution in [-0.4, -0.2) is 42.1 Å². The van der Waals surface area contributed by atoms with E-state index in [2.05, 4.69) is 4.98 Å². The number of hydrogen-bond donors (Lipinski definition) is 0. The molecule has 0 bridgehead atoms. The highest BCUT2D eigenvalue weighted by Crippen LogP contribution is 2.36.